The van der Waals surface area contributed by atoms with Crippen LogP contribution < -0.4 is 0 Å². The van der Waals surface area contributed by atoms with Gasteiger partial charge in [0.2, 0.25) is 8.32 Å². The van der Waals surface area contributed by atoms with Crippen molar-refractivity contribution in [3.8, 4) is 0 Å². The molecule has 0 heterocycles. The van der Waals surface area contributed by atoms with E-state index in [2.05, 4.69) is 19.6 Å². The summed E-state index contributed by atoms with van der Waals surface area (Å²) in [6, 6.07) is 0. The van der Waals surface area contributed by atoms with Crippen LogP contribution in [0, 0.1) is 0 Å². The van der Waals surface area contributed by atoms with E-state index in [1.54, 1.807) is 0 Å². The number of carbonyl (C=O) groups is 2. The lowest BCUT2D eigenvalue weighted by Gasteiger charge is -2.37. The second-order valence-electron chi connectivity index (χ2n) is 6.48. The minimum atomic E-state index is -2.20. The Kier molecular flexibility index (Phi) is 8.83. The number of esters is 1. The summed E-state index contributed by atoms with van der Waals surface area (Å²) in [6.45, 7) is 13.1. The molecule has 6 nitrogen and oxygen atoms in total. The van der Waals surface area contributed by atoms with E-state index >= 15 is 0 Å². The Morgan fingerprint density at radius 2 is 1.73 bits per heavy atom. The second kappa shape index (κ2) is 9.24. The maximum absolute atomic E-state index is 11.5. The molecule has 1 N–H and O–H groups in total. The molecule has 0 aromatic heterocycles. The van der Waals surface area contributed by atoms with Crippen molar-refractivity contribution in [1.82, 2.24) is 0 Å². The third-order valence-electron chi connectivity index (χ3n) is 2.61. The molecule has 0 aliphatic rings. The average Bonchev–Trinajstić information content (AvgIpc) is 2.33. The predicted octanol–water partition coefficient (Wildman–Crippen LogP) is 2.56. The highest BCUT2D eigenvalue weighted by Gasteiger charge is 2.39. The molecule has 0 bridgehead atoms. The van der Waals surface area contributed by atoms with Crippen molar-refractivity contribution in [3.05, 3.63) is 12.2 Å². The van der Waals surface area contributed by atoms with Crippen LogP contribution in [0.25, 0.3) is 0 Å². The smallest absolute Gasteiger partial charge is 0.331 e. The number of hydrogen-bond donors (Lipinski definition) is 1. The Bertz CT molecular complexity index is 401. The van der Waals surface area contributed by atoms with E-state index in [0.717, 1.165) is 18.6 Å². The van der Waals surface area contributed by atoms with E-state index in [9.17, 15) is 9.59 Å². The Balaban J connectivity index is 4.76. The van der Waals surface area contributed by atoms with E-state index < -0.39 is 28.6 Å². The van der Waals surface area contributed by atoms with Gasteiger partial charge < -0.3 is 18.7 Å². The number of ether oxygens (including phenoxy) is 2. The molecule has 0 aliphatic heterocycles. The molecule has 1 atom stereocenters. The summed E-state index contributed by atoms with van der Waals surface area (Å²) in [6.07, 6.45) is 2.51. The SMILES string of the molecule is CCCOC(COC(=O)/C=C/C(=O)O)[Si](C)(C)O[Si](C)(C)C. The zero-order chi connectivity index (χ0) is 17.4. The Hall–Kier alpha value is -0.966. The molecule has 0 aromatic rings. The average molecular weight is 349 g/mol. The van der Waals surface area contributed by atoms with Crippen molar-refractivity contribution in [2.24, 2.45) is 0 Å². The lowest BCUT2D eigenvalue weighted by atomic mass is 10.5. The summed E-state index contributed by atoms with van der Waals surface area (Å²) in [4.78, 5) is 21.9. The van der Waals surface area contributed by atoms with Crippen molar-refractivity contribution in [1.29, 1.82) is 0 Å². The van der Waals surface area contributed by atoms with Crippen LogP contribution in [0.4, 0.5) is 0 Å². The first-order chi connectivity index (χ1) is 9.98. The molecular weight excluding hydrogens is 320 g/mol. The molecule has 0 aromatic carbocycles. The van der Waals surface area contributed by atoms with Crippen molar-refractivity contribution in [3.63, 3.8) is 0 Å². The van der Waals surface area contributed by atoms with Gasteiger partial charge in [-0.05, 0) is 39.2 Å². The molecule has 1 unspecified atom stereocenters. The Labute approximate surface area is 134 Å². The summed E-state index contributed by atoms with van der Waals surface area (Å²) in [7, 11) is -3.93. The van der Waals surface area contributed by atoms with Crippen molar-refractivity contribution in [2.45, 2.75) is 51.8 Å². The van der Waals surface area contributed by atoms with Gasteiger partial charge in [0.1, 0.15) is 12.3 Å². The first-order valence-electron chi connectivity index (χ1n) is 7.37. The molecule has 0 rings (SSSR count). The molecule has 8 heteroatoms. The van der Waals surface area contributed by atoms with Gasteiger partial charge in [-0.1, -0.05) is 6.92 Å². The van der Waals surface area contributed by atoms with Crippen LogP contribution >= 0.6 is 0 Å². The Morgan fingerprint density at radius 1 is 1.14 bits per heavy atom. The van der Waals surface area contributed by atoms with Crippen LogP contribution in [0.2, 0.25) is 32.7 Å². The van der Waals surface area contributed by atoms with Gasteiger partial charge in [-0.25, -0.2) is 9.59 Å². The van der Waals surface area contributed by atoms with E-state index in [0.29, 0.717) is 6.61 Å². The van der Waals surface area contributed by atoms with Gasteiger partial charge >= 0.3 is 11.9 Å². The maximum atomic E-state index is 11.5. The molecule has 0 saturated carbocycles. The van der Waals surface area contributed by atoms with Gasteiger partial charge in [0.05, 0.1) is 0 Å². The number of hydrogen-bond acceptors (Lipinski definition) is 5. The summed E-state index contributed by atoms with van der Waals surface area (Å²) in [5.41, 5.74) is -0.277. The fourth-order valence-corrected chi connectivity index (χ4v) is 9.75. The molecule has 0 amide bonds. The van der Waals surface area contributed by atoms with Gasteiger partial charge in [0.15, 0.2) is 8.32 Å². The number of rotatable bonds is 10. The highest BCUT2D eigenvalue weighted by Crippen LogP contribution is 2.20. The Morgan fingerprint density at radius 3 is 2.18 bits per heavy atom. The fourth-order valence-electron chi connectivity index (χ4n) is 1.91. The summed E-state index contributed by atoms with van der Waals surface area (Å²) in [5.74, 6) is -1.88. The van der Waals surface area contributed by atoms with Crippen molar-refractivity contribution < 1.29 is 28.3 Å². The quantitative estimate of drug-likeness (QED) is 0.371. The molecule has 0 fully saturated rings. The standard InChI is InChI=1S/C14H28O6Si2/c1-7-10-18-14(22(5,6)20-21(2,3)4)11-19-13(17)9-8-12(15)16/h8-9,14H,7,10-11H2,1-6H3,(H,15,16)/b9-8+. The van der Waals surface area contributed by atoms with Crippen LogP contribution in [0.5, 0.6) is 0 Å². The largest absolute Gasteiger partial charge is 0.478 e. The number of aliphatic carboxylic acids is 1. The van der Waals surface area contributed by atoms with Crippen molar-refractivity contribution >= 4 is 28.6 Å². The minimum absolute atomic E-state index is 0.0759. The number of carboxylic acid groups (broad SMARTS) is 1. The van der Waals surface area contributed by atoms with Crippen LogP contribution in [0.3, 0.4) is 0 Å². The molecular formula is C14H28O6Si2. The van der Waals surface area contributed by atoms with Gasteiger partial charge in [0.25, 0.3) is 0 Å². The topological polar surface area (TPSA) is 82.1 Å². The summed E-state index contributed by atoms with van der Waals surface area (Å²) < 4.78 is 17.2. The van der Waals surface area contributed by atoms with Gasteiger partial charge in [0, 0.05) is 18.8 Å². The van der Waals surface area contributed by atoms with E-state index in [-0.39, 0.29) is 12.3 Å². The summed E-state index contributed by atoms with van der Waals surface area (Å²) >= 11 is 0. The molecule has 0 aliphatic carbocycles. The molecule has 0 spiro atoms. The summed E-state index contributed by atoms with van der Waals surface area (Å²) in [5, 5.41) is 8.48. The number of carbonyl (C=O) groups excluding carboxylic acids is 1. The van der Waals surface area contributed by atoms with E-state index in [4.69, 9.17) is 18.7 Å². The van der Waals surface area contributed by atoms with Gasteiger partial charge in [-0.15, -0.1) is 0 Å². The van der Waals surface area contributed by atoms with Crippen LogP contribution in [0.1, 0.15) is 13.3 Å². The maximum Gasteiger partial charge on any atom is 0.331 e. The first kappa shape index (κ1) is 21.0. The van der Waals surface area contributed by atoms with Crippen LogP contribution in [-0.4, -0.2) is 52.6 Å². The zero-order valence-corrected chi connectivity index (χ0v) is 16.3. The molecule has 0 saturated heterocycles. The minimum Gasteiger partial charge on any atom is -0.478 e. The second-order valence-corrected chi connectivity index (χ2v) is 15.4. The zero-order valence-electron chi connectivity index (χ0n) is 14.3. The van der Waals surface area contributed by atoms with Crippen molar-refractivity contribution in [2.75, 3.05) is 13.2 Å². The normalized spacial score (nSPS) is 14.1. The highest BCUT2D eigenvalue weighted by molar-refractivity contribution is 6.84. The molecule has 22 heavy (non-hydrogen) atoms. The highest BCUT2D eigenvalue weighted by atomic mass is 28.4. The predicted molar refractivity (Wildman–Crippen MR) is 89.7 cm³/mol. The number of carboxylic acids is 1. The molecule has 128 valence electrons. The monoisotopic (exact) mass is 348 g/mol. The lowest BCUT2D eigenvalue weighted by molar-refractivity contribution is -0.141. The van der Waals surface area contributed by atoms with Gasteiger partial charge in [-0.3, -0.25) is 0 Å². The third-order valence-corrected chi connectivity index (χ3v) is 9.04. The first-order valence-corrected chi connectivity index (χ1v) is 13.8. The fraction of sp³-hybridized carbons (Fsp3) is 0.714. The lowest BCUT2D eigenvalue weighted by Crippen LogP contribution is -2.54. The molecule has 0 radical (unpaired) electrons. The van der Waals surface area contributed by atoms with Gasteiger partial charge in [-0.2, -0.15) is 0 Å². The van der Waals surface area contributed by atoms with E-state index in [1.165, 1.54) is 0 Å². The van der Waals surface area contributed by atoms with E-state index in [1.807, 2.05) is 20.0 Å². The van der Waals surface area contributed by atoms with Crippen LogP contribution in [0.15, 0.2) is 12.2 Å². The van der Waals surface area contributed by atoms with Crippen LogP contribution in [-0.2, 0) is 23.2 Å². The third kappa shape index (κ3) is 9.88.